The fourth-order valence-electron chi connectivity index (χ4n) is 1.48. The van der Waals surface area contributed by atoms with Crippen LogP contribution in [0.5, 0.6) is 11.8 Å². The standard InChI is InChI=1S/C11H12F2N4O/c1-6-4-9(17(3)16-6)18-11-8(13)5-7(12)10(14-2)15-11/h4-5H,1-3H3,(H,14,15). The molecule has 2 aromatic rings. The number of rotatable bonds is 3. The van der Waals surface area contributed by atoms with Gasteiger partial charge in [0.2, 0.25) is 5.88 Å². The number of ether oxygens (including phenoxy) is 1. The third kappa shape index (κ3) is 2.24. The minimum atomic E-state index is -0.870. The normalized spacial score (nSPS) is 10.5. The molecule has 0 spiro atoms. The Balaban J connectivity index is 2.37. The molecule has 0 aromatic carbocycles. The van der Waals surface area contributed by atoms with Gasteiger partial charge in [0, 0.05) is 26.2 Å². The van der Waals surface area contributed by atoms with Crippen LogP contribution in [0, 0.1) is 18.6 Å². The molecule has 0 bridgehead atoms. The summed E-state index contributed by atoms with van der Waals surface area (Å²) in [6.45, 7) is 1.78. The average molecular weight is 254 g/mol. The zero-order valence-electron chi connectivity index (χ0n) is 10.2. The zero-order chi connectivity index (χ0) is 13.3. The summed E-state index contributed by atoms with van der Waals surface area (Å²) < 4.78 is 33.4. The summed E-state index contributed by atoms with van der Waals surface area (Å²) in [5.41, 5.74) is 0.726. The Labute approximate surface area is 102 Å². The van der Waals surface area contributed by atoms with Gasteiger partial charge in [0.05, 0.1) is 5.69 Å². The fraction of sp³-hybridized carbons (Fsp3) is 0.273. The van der Waals surface area contributed by atoms with Gasteiger partial charge in [-0.05, 0) is 6.92 Å². The molecular formula is C11H12F2N4O. The first-order valence-electron chi connectivity index (χ1n) is 5.23. The van der Waals surface area contributed by atoms with E-state index in [9.17, 15) is 8.78 Å². The van der Waals surface area contributed by atoms with E-state index in [4.69, 9.17) is 4.74 Å². The number of anilines is 1. The molecule has 0 aliphatic heterocycles. The van der Waals surface area contributed by atoms with Crippen molar-refractivity contribution in [1.29, 1.82) is 0 Å². The van der Waals surface area contributed by atoms with E-state index in [-0.39, 0.29) is 11.7 Å². The summed E-state index contributed by atoms with van der Waals surface area (Å²) in [7, 11) is 3.14. The van der Waals surface area contributed by atoms with Gasteiger partial charge in [-0.1, -0.05) is 0 Å². The van der Waals surface area contributed by atoms with Crippen LogP contribution in [0.15, 0.2) is 12.1 Å². The molecule has 0 unspecified atom stereocenters. The molecular weight excluding hydrogens is 242 g/mol. The third-order valence-corrected chi connectivity index (χ3v) is 2.29. The second kappa shape index (κ2) is 4.59. The monoisotopic (exact) mass is 254 g/mol. The van der Waals surface area contributed by atoms with Crippen molar-refractivity contribution >= 4 is 5.82 Å². The van der Waals surface area contributed by atoms with Crippen LogP contribution < -0.4 is 10.1 Å². The van der Waals surface area contributed by atoms with Crippen LogP contribution in [-0.4, -0.2) is 21.8 Å². The van der Waals surface area contributed by atoms with Gasteiger partial charge >= 0.3 is 0 Å². The molecule has 5 nitrogen and oxygen atoms in total. The number of aromatic nitrogens is 3. The van der Waals surface area contributed by atoms with E-state index in [1.54, 1.807) is 20.0 Å². The maximum Gasteiger partial charge on any atom is 0.259 e. The first-order valence-corrected chi connectivity index (χ1v) is 5.23. The SMILES string of the molecule is CNc1nc(Oc2cc(C)nn2C)c(F)cc1F. The Hall–Kier alpha value is -2.18. The molecule has 18 heavy (non-hydrogen) atoms. The van der Waals surface area contributed by atoms with Gasteiger partial charge in [0.25, 0.3) is 5.88 Å². The fourth-order valence-corrected chi connectivity index (χ4v) is 1.48. The van der Waals surface area contributed by atoms with E-state index in [0.29, 0.717) is 5.88 Å². The topological polar surface area (TPSA) is 52.0 Å². The van der Waals surface area contributed by atoms with Crippen molar-refractivity contribution in [1.82, 2.24) is 14.8 Å². The Kier molecular flexibility index (Phi) is 3.14. The number of pyridine rings is 1. The van der Waals surface area contributed by atoms with E-state index >= 15 is 0 Å². The molecule has 1 N–H and O–H groups in total. The number of hydrogen-bond donors (Lipinski definition) is 1. The Morgan fingerprint density at radius 3 is 2.56 bits per heavy atom. The molecule has 0 saturated carbocycles. The number of aryl methyl sites for hydroxylation is 2. The van der Waals surface area contributed by atoms with Crippen LogP contribution in [0.3, 0.4) is 0 Å². The van der Waals surface area contributed by atoms with Crippen LogP contribution in [0.2, 0.25) is 0 Å². The smallest absolute Gasteiger partial charge is 0.259 e. The van der Waals surface area contributed by atoms with Gasteiger partial charge in [-0.25, -0.2) is 13.5 Å². The predicted octanol–water partition coefficient (Wildman–Crippen LogP) is 2.24. The van der Waals surface area contributed by atoms with E-state index in [1.165, 1.54) is 11.7 Å². The molecule has 96 valence electrons. The predicted molar refractivity (Wildman–Crippen MR) is 61.7 cm³/mol. The lowest BCUT2D eigenvalue weighted by Crippen LogP contribution is -2.02. The number of halogens is 2. The van der Waals surface area contributed by atoms with Crippen molar-refractivity contribution in [2.24, 2.45) is 7.05 Å². The van der Waals surface area contributed by atoms with Gasteiger partial charge in [-0.3, -0.25) is 0 Å². The van der Waals surface area contributed by atoms with E-state index in [2.05, 4.69) is 15.4 Å². The van der Waals surface area contributed by atoms with Crippen LogP contribution in [0.4, 0.5) is 14.6 Å². The molecule has 0 saturated heterocycles. The minimum absolute atomic E-state index is 0.0784. The maximum atomic E-state index is 13.5. The Bertz CT molecular complexity index is 583. The largest absolute Gasteiger partial charge is 0.418 e. The highest BCUT2D eigenvalue weighted by Crippen LogP contribution is 2.25. The molecule has 0 aliphatic carbocycles. The van der Waals surface area contributed by atoms with Crippen molar-refractivity contribution in [2.75, 3.05) is 12.4 Å². The second-order valence-electron chi connectivity index (χ2n) is 3.71. The molecule has 0 aliphatic rings. The molecule has 2 heterocycles. The summed E-state index contributed by atoms with van der Waals surface area (Å²) in [6.07, 6.45) is 0. The maximum absolute atomic E-state index is 13.5. The molecule has 2 rings (SSSR count). The molecule has 0 atom stereocenters. The summed E-state index contributed by atoms with van der Waals surface area (Å²) >= 11 is 0. The molecule has 0 radical (unpaired) electrons. The highest BCUT2D eigenvalue weighted by molar-refractivity contribution is 5.39. The lowest BCUT2D eigenvalue weighted by molar-refractivity contribution is 0.384. The molecule has 0 fully saturated rings. The number of hydrogen-bond acceptors (Lipinski definition) is 4. The van der Waals surface area contributed by atoms with Crippen molar-refractivity contribution < 1.29 is 13.5 Å². The highest BCUT2D eigenvalue weighted by Gasteiger charge is 2.14. The molecule has 2 aromatic heterocycles. The van der Waals surface area contributed by atoms with Gasteiger partial charge in [0.15, 0.2) is 17.5 Å². The number of nitrogens with one attached hydrogen (secondary N) is 1. The average Bonchev–Trinajstić information content (AvgIpc) is 2.61. The molecule has 7 heteroatoms. The van der Waals surface area contributed by atoms with Crippen molar-refractivity contribution in [3.8, 4) is 11.8 Å². The summed E-state index contributed by atoms with van der Waals surface area (Å²) in [5, 5.41) is 6.56. The summed E-state index contributed by atoms with van der Waals surface area (Å²) in [5.74, 6) is -1.70. The third-order valence-electron chi connectivity index (χ3n) is 2.29. The molecule has 0 amide bonds. The summed E-state index contributed by atoms with van der Waals surface area (Å²) in [4.78, 5) is 3.71. The van der Waals surface area contributed by atoms with Crippen molar-refractivity contribution in [2.45, 2.75) is 6.92 Å². The number of nitrogens with zero attached hydrogens (tertiary/aromatic N) is 3. The quantitative estimate of drug-likeness (QED) is 0.912. The second-order valence-corrected chi connectivity index (χ2v) is 3.71. The van der Waals surface area contributed by atoms with Gasteiger partial charge in [0.1, 0.15) is 0 Å². The lowest BCUT2D eigenvalue weighted by atomic mass is 10.4. The van der Waals surface area contributed by atoms with Crippen LogP contribution in [-0.2, 0) is 7.05 Å². The first kappa shape index (κ1) is 12.3. The van der Waals surface area contributed by atoms with E-state index in [0.717, 1.165) is 11.8 Å². The van der Waals surface area contributed by atoms with Gasteiger partial charge in [-0.2, -0.15) is 10.1 Å². The van der Waals surface area contributed by atoms with Gasteiger partial charge in [-0.15, -0.1) is 0 Å². The zero-order valence-corrected chi connectivity index (χ0v) is 10.2. The Morgan fingerprint density at radius 2 is 2.00 bits per heavy atom. The Morgan fingerprint density at radius 1 is 1.28 bits per heavy atom. The van der Waals surface area contributed by atoms with Crippen LogP contribution >= 0.6 is 0 Å². The van der Waals surface area contributed by atoms with Crippen LogP contribution in [0.25, 0.3) is 0 Å². The van der Waals surface area contributed by atoms with E-state index < -0.39 is 11.6 Å². The van der Waals surface area contributed by atoms with Gasteiger partial charge < -0.3 is 10.1 Å². The summed E-state index contributed by atoms with van der Waals surface area (Å²) in [6, 6.07) is 2.35. The van der Waals surface area contributed by atoms with Crippen molar-refractivity contribution in [3.05, 3.63) is 29.5 Å². The minimum Gasteiger partial charge on any atom is -0.418 e. The van der Waals surface area contributed by atoms with Crippen molar-refractivity contribution in [3.63, 3.8) is 0 Å². The lowest BCUT2D eigenvalue weighted by Gasteiger charge is -2.08. The highest BCUT2D eigenvalue weighted by atomic mass is 19.1. The van der Waals surface area contributed by atoms with Crippen LogP contribution in [0.1, 0.15) is 5.69 Å². The first-order chi connectivity index (χ1) is 8.51. The van der Waals surface area contributed by atoms with E-state index in [1.807, 2.05) is 0 Å².